The predicted molar refractivity (Wildman–Crippen MR) is 87.9 cm³/mol. The molecule has 3 rings (SSSR count). The molecule has 0 unspecified atom stereocenters. The molecule has 0 radical (unpaired) electrons. The zero-order valence-corrected chi connectivity index (χ0v) is 14.2. The Morgan fingerprint density at radius 3 is 2.87 bits per heavy atom. The molecule has 1 aliphatic rings. The summed E-state index contributed by atoms with van der Waals surface area (Å²) < 4.78 is 16.0. The highest BCUT2D eigenvalue weighted by atomic mass is 79.9. The Hall–Kier alpha value is -1.80. The molecule has 0 aliphatic carbocycles. The summed E-state index contributed by atoms with van der Waals surface area (Å²) in [6.45, 7) is 1.88. The Kier molecular flexibility index (Phi) is 4.72. The van der Waals surface area contributed by atoms with Gasteiger partial charge in [-0.2, -0.15) is 10.1 Å². The van der Waals surface area contributed by atoms with E-state index in [1.54, 1.807) is 13.1 Å². The van der Waals surface area contributed by atoms with Gasteiger partial charge in [0.15, 0.2) is 5.82 Å². The smallest absolute Gasteiger partial charge is 0.260 e. The van der Waals surface area contributed by atoms with Crippen molar-refractivity contribution in [2.75, 3.05) is 18.4 Å². The Morgan fingerprint density at radius 2 is 2.17 bits per heavy atom. The maximum atomic E-state index is 13.9. The average molecular weight is 382 g/mol. The molecular formula is C15H17BrFN5O. The highest BCUT2D eigenvalue weighted by Crippen LogP contribution is 2.23. The summed E-state index contributed by atoms with van der Waals surface area (Å²) in [7, 11) is 1.71. The van der Waals surface area contributed by atoms with E-state index in [4.69, 9.17) is 0 Å². The van der Waals surface area contributed by atoms with E-state index >= 15 is 0 Å². The zero-order valence-electron chi connectivity index (χ0n) is 12.6. The molecule has 1 aromatic carbocycles. The van der Waals surface area contributed by atoms with Gasteiger partial charge in [0.1, 0.15) is 5.82 Å². The lowest BCUT2D eigenvalue weighted by Gasteiger charge is -2.19. The monoisotopic (exact) mass is 381 g/mol. The normalized spacial score (nSPS) is 15.6. The number of rotatable bonds is 3. The van der Waals surface area contributed by atoms with Gasteiger partial charge in [0.2, 0.25) is 5.95 Å². The van der Waals surface area contributed by atoms with Crippen LogP contribution in [0.3, 0.4) is 0 Å². The Balaban J connectivity index is 1.77. The van der Waals surface area contributed by atoms with Crippen LogP contribution < -0.4 is 10.6 Å². The molecule has 1 aromatic heterocycles. The van der Waals surface area contributed by atoms with Gasteiger partial charge in [-0.05, 0) is 44.1 Å². The number of nitrogens with zero attached hydrogens (tertiary/aromatic N) is 3. The Bertz CT molecular complexity index is 727. The number of hydrogen-bond donors (Lipinski definition) is 2. The van der Waals surface area contributed by atoms with Gasteiger partial charge in [0, 0.05) is 17.4 Å². The van der Waals surface area contributed by atoms with E-state index in [0.29, 0.717) is 10.4 Å². The van der Waals surface area contributed by atoms with Crippen LogP contribution in [0, 0.1) is 5.82 Å². The molecule has 1 amide bonds. The lowest BCUT2D eigenvalue weighted by atomic mass is 9.98. The van der Waals surface area contributed by atoms with Gasteiger partial charge in [0.05, 0.1) is 5.56 Å². The van der Waals surface area contributed by atoms with Crippen LogP contribution in [0.25, 0.3) is 0 Å². The fourth-order valence-corrected chi connectivity index (χ4v) is 2.94. The van der Waals surface area contributed by atoms with Crippen molar-refractivity contribution in [3.8, 4) is 0 Å². The Labute approximate surface area is 141 Å². The first-order valence-electron chi connectivity index (χ1n) is 7.42. The van der Waals surface area contributed by atoms with Crippen LogP contribution in [0.4, 0.5) is 10.3 Å². The molecule has 1 saturated heterocycles. The van der Waals surface area contributed by atoms with Gasteiger partial charge in [-0.1, -0.05) is 15.9 Å². The largest absolute Gasteiger partial charge is 0.317 e. The highest BCUT2D eigenvalue weighted by Gasteiger charge is 2.22. The zero-order chi connectivity index (χ0) is 16.4. The second kappa shape index (κ2) is 6.76. The molecule has 0 spiro atoms. The van der Waals surface area contributed by atoms with Crippen LogP contribution in [-0.2, 0) is 7.05 Å². The van der Waals surface area contributed by atoms with E-state index in [1.165, 1.54) is 16.8 Å². The van der Waals surface area contributed by atoms with Crippen LogP contribution in [0.1, 0.15) is 34.9 Å². The van der Waals surface area contributed by atoms with Crippen LogP contribution >= 0.6 is 15.9 Å². The fourth-order valence-electron chi connectivity index (χ4n) is 2.61. The van der Waals surface area contributed by atoms with Crippen LogP contribution in [0.5, 0.6) is 0 Å². The molecule has 1 aliphatic heterocycles. The van der Waals surface area contributed by atoms with Crippen molar-refractivity contribution in [3.05, 3.63) is 39.9 Å². The summed E-state index contributed by atoms with van der Waals surface area (Å²) in [6, 6.07) is 4.31. The minimum Gasteiger partial charge on any atom is -0.317 e. The summed E-state index contributed by atoms with van der Waals surface area (Å²) >= 11 is 3.17. The second-order valence-electron chi connectivity index (χ2n) is 5.52. The third-order valence-corrected chi connectivity index (χ3v) is 4.38. The number of carbonyl (C=O) groups excluding carboxylic acids is 1. The quantitative estimate of drug-likeness (QED) is 0.856. The minimum absolute atomic E-state index is 0.0281. The summed E-state index contributed by atoms with van der Waals surface area (Å²) in [5.41, 5.74) is -0.0281. The predicted octanol–water partition coefficient (Wildman–Crippen LogP) is 2.44. The number of nitrogens with one attached hydrogen (secondary N) is 2. The molecule has 1 fully saturated rings. The standard InChI is InChI=1S/C15H17BrFN5O/c1-22-15(19-13(21-22)9-4-6-18-7-5-9)20-14(23)11-3-2-10(16)8-12(11)17/h2-3,8-9,18H,4-7H2,1H3,(H,19,20,21,23). The summed E-state index contributed by atoms with van der Waals surface area (Å²) in [4.78, 5) is 16.6. The minimum atomic E-state index is -0.586. The molecule has 122 valence electrons. The van der Waals surface area contributed by atoms with Crippen molar-refractivity contribution in [3.63, 3.8) is 0 Å². The third kappa shape index (κ3) is 3.59. The molecule has 8 heteroatoms. The van der Waals surface area contributed by atoms with Crippen molar-refractivity contribution >= 4 is 27.8 Å². The molecular weight excluding hydrogens is 365 g/mol. The summed E-state index contributed by atoms with van der Waals surface area (Å²) in [6.07, 6.45) is 1.94. The van der Waals surface area contributed by atoms with Crippen molar-refractivity contribution in [1.82, 2.24) is 20.1 Å². The van der Waals surface area contributed by atoms with E-state index in [-0.39, 0.29) is 11.5 Å². The first-order chi connectivity index (χ1) is 11.0. The van der Waals surface area contributed by atoms with E-state index in [1.807, 2.05) is 0 Å². The number of anilines is 1. The number of aromatic nitrogens is 3. The van der Waals surface area contributed by atoms with Gasteiger partial charge in [-0.15, -0.1) is 0 Å². The number of carbonyl (C=O) groups is 1. The molecule has 0 saturated carbocycles. The number of amides is 1. The molecule has 2 N–H and O–H groups in total. The molecule has 0 bridgehead atoms. The van der Waals surface area contributed by atoms with Gasteiger partial charge in [-0.3, -0.25) is 10.1 Å². The molecule has 6 nitrogen and oxygen atoms in total. The lowest BCUT2D eigenvalue weighted by Crippen LogP contribution is -2.27. The maximum absolute atomic E-state index is 13.9. The van der Waals surface area contributed by atoms with Crippen LogP contribution in [0.2, 0.25) is 0 Å². The molecule has 2 heterocycles. The van der Waals surface area contributed by atoms with E-state index < -0.39 is 11.7 Å². The van der Waals surface area contributed by atoms with Crippen molar-refractivity contribution in [1.29, 1.82) is 0 Å². The third-order valence-electron chi connectivity index (χ3n) is 3.88. The highest BCUT2D eigenvalue weighted by molar-refractivity contribution is 9.10. The van der Waals surface area contributed by atoms with Crippen molar-refractivity contribution in [2.24, 2.45) is 7.05 Å². The molecule has 23 heavy (non-hydrogen) atoms. The van der Waals surface area contributed by atoms with Gasteiger partial charge in [0.25, 0.3) is 5.91 Å². The molecule has 2 aromatic rings. The fraction of sp³-hybridized carbons (Fsp3) is 0.400. The molecule has 0 atom stereocenters. The van der Waals surface area contributed by atoms with Crippen molar-refractivity contribution in [2.45, 2.75) is 18.8 Å². The second-order valence-corrected chi connectivity index (χ2v) is 6.44. The SMILES string of the molecule is Cn1nc(C2CCNCC2)nc1NC(=O)c1ccc(Br)cc1F. The van der Waals surface area contributed by atoms with Gasteiger partial charge in [-0.25, -0.2) is 9.07 Å². The number of hydrogen-bond acceptors (Lipinski definition) is 4. The summed E-state index contributed by atoms with van der Waals surface area (Å²) in [5.74, 6) is 0.212. The van der Waals surface area contributed by atoms with Crippen LogP contribution in [-0.4, -0.2) is 33.8 Å². The number of aryl methyl sites for hydroxylation is 1. The average Bonchev–Trinajstić information content (AvgIpc) is 2.89. The number of halogens is 2. The maximum Gasteiger partial charge on any atom is 0.260 e. The van der Waals surface area contributed by atoms with Gasteiger partial charge < -0.3 is 5.32 Å². The number of piperidine rings is 1. The Morgan fingerprint density at radius 1 is 1.43 bits per heavy atom. The topological polar surface area (TPSA) is 71.8 Å². The first-order valence-corrected chi connectivity index (χ1v) is 8.22. The van der Waals surface area contributed by atoms with Crippen molar-refractivity contribution < 1.29 is 9.18 Å². The van der Waals surface area contributed by atoms with E-state index in [0.717, 1.165) is 31.8 Å². The first kappa shape index (κ1) is 16.1. The summed E-state index contributed by atoms with van der Waals surface area (Å²) in [5, 5.41) is 10.3. The van der Waals surface area contributed by atoms with E-state index in [9.17, 15) is 9.18 Å². The van der Waals surface area contributed by atoms with E-state index in [2.05, 4.69) is 36.6 Å². The number of benzene rings is 1. The van der Waals surface area contributed by atoms with Crippen LogP contribution in [0.15, 0.2) is 22.7 Å². The van der Waals surface area contributed by atoms with Gasteiger partial charge >= 0.3 is 0 Å². The lowest BCUT2D eigenvalue weighted by molar-refractivity contribution is 0.102.